The zero-order valence-electron chi connectivity index (χ0n) is 9.82. The summed E-state index contributed by atoms with van der Waals surface area (Å²) in [6.07, 6.45) is -0.111. The third-order valence-corrected chi connectivity index (χ3v) is 3.02. The number of rotatable bonds is 4. The number of hydrogen-bond donors (Lipinski definition) is 2. The molecule has 4 heteroatoms. The van der Waals surface area contributed by atoms with Crippen LogP contribution in [0, 0.1) is 0 Å². The lowest BCUT2D eigenvalue weighted by Gasteiger charge is -2.21. The summed E-state index contributed by atoms with van der Waals surface area (Å²) < 4.78 is 13.0. The molecule has 0 aromatic heterocycles. The first-order valence-corrected chi connectivity index (χ1v) is 5.82. The van der Waals surface area contributed by atoms with Gasteiger partial charge in [0.1, 0.15) is 6.17 Å². The van der Waals surface area contributed by atoms with Crippen molar-refractivity contribution in [2.75, 3.05) is 30.7 Å². The van der Waals surface area contributed by atoms with Crippen molar-refractivity contribution in [1.29, 1.82) is 0 Å². The summed E-state index contributed by atoms with van der Waals surface area (Å²) in [7, 11) is 0. The summed E-state index contributed by atoms with van der Waals surface area (Å²) in [6, 6.07) is 7.58. The second kappa shape index (κ2) is 5.08. The molecule has 0 amide bonds. The van der Waals surface area contributed by atoms with E-state index in [4.69, 9.17) is 5.73 Å². The molecule has 0 aliphatic carbocycles. The van der Waals surface area contributed by atoms with Gasteiger partial charge in [-0.1, -0.05) is 18.7 Å². The van der Waals surface area contributed by atoms with Gasteiger partial charge in [0.15, 0.2) is 0 Å². The van der Waals surface area contributed by atoms with Gasteiger partial charge in [-0.2, -0.15) is 0 Å². The lowest BCUT2D eigenvalue weighted by Crippen LogP contribution is -2.24. The Balaban J connectivity index is 1.86. The first-order valence-electron chi connectivity index (χ1n) is 5.82. The molecule has 2 rings (SSSR count). The number of likely N-dealkylation sites (tertiary alicyclic amines) is 1. The van der Waals surface area contributed by atoms with E-state index in [1.807, 2.05) is 29.2 Å². The third-order valence-electron chi connectivity index (χ3n) is 3.02. The molecule has 1 aliphatic rings. The minimum absolute atomic E-state index is 0.463. The van der Waals surface area contributed by atoms with Crippen molar-refractivity contribution in [3.05, 3.63) is 36.5 Å². The smallest absolute Gasteiger partial charge is 0.119 e. The van der Waals surface area contributed by atoms with Crippen LogP contribution in [0.5, 0.6) is 0 Å². The van der Waals surface area contributed by atoms with Crippen LogP contribution in [0.3, 0.4) is 0 Å². The highest BCUT2D eigenvalue weighted by molar-refractivity contribution is 5.65. The van der Waals surface area contributed by atoms with Crippen LogP contribution in [0.15, 0.2) is 36.5 Å². The van der Waals surface area contributed by atoms with E-state index in [9.17, 15) is 4.39 Å². The van der Waals surface area contributed by atoms with Gasteiger partial charge < -0.3 is 16.0 Å². The molecule has 17 heavy (non-hydrogen) atoms. The summed E-state index contributed by atoms with van der Waals surface area (Å²) in [5.74, 6) is 0. The predicted octanol–water partition coefficient (Wildman–Crippen LogP) is 2.24. The molecule has 1 heterocycles. The first-order chi connectivity index (χ1) is 8.16. The van der Waals surface area contributed by atoms with Crippen molar-refractivity contribution in [3.63, 3.8) is 0 Å². The average molecular weight is 235 g/mol. The van der Waals surface area contributed by atoms with Gasteiger partial charge in [-0.05, 0) is 18.6 Å². The Kier molecular flexibility index (Phi) is 3.52. The number of anilines is 2. The normalized spacial score (nSPS) is 19.4. The van der Waals surface area contributed by atoms with Gasteiger partial charge >= 0.3 is 0 Å². The van der Waals surface area contributed by atoms with Crippen molar-refractivity contribution in [1.82, 2.24) is 4.90 Å². The summed E-state index contributed by atoms with van der Waals surface area (Å²) in [5, 5.41) is 3.22. The number of nitrogens with one attached hydrogen (secondary N) is 1. The summed E-state index contributed by atoms with van der Waals surface area (Å²) in [6.45, 7) is 5.79. The second-order valence-corrected chi connectivity index (χ2v) is 4.34. The molecule has 1 atom stereocenters. The topological polar surface area (TPSA) is 41.3 Å². The van der Waals surface area contributed by atoms with Gasteiger partial charge in [0.2, 0.25) is 0 Å². The van der Waals surface area contributed by atoms with Crippen LogP contribution in [-0.4, -0.2) is 30.7 Å². The molecule has 1 aromatic rings. The highest BCUT2D eigenvalue weighted by Crippen LogP contribution is 2.19. The molecular weight excluding hydrogens is 217 g/mol. The fourth-order valence-corrected chi connectivity index (χ4v) is 1.97. The quantitative estimate of drug-likeness (QED) is 0.786. The zero-order chi connectivity index (χ0) is 12.3. The second-order valence-electron chi connectivity index (χ2n) is 4.34. The Bertz CT molecular complexity index is 405. The molecule has 92 valence electrons. The maximum atomic E-state index is 13.0. The van der Waals surface area contributed by atoms with Crippen LogP contribution in [-0.2, 0) is 0 Å². The third kappa shape index (κ3) is 2.90. The van der Waals surface area contributed by atoms with Crippen molar-refractivity contribution in [2.45, 2.75) is 12.6 Å². The standard InChI is InChI=1S/C13H18FN3/c1-10(17-7-6-11(14)9-17)8-16-13-5-3-2-4-12(13)15/h2-5,11,16H,1,6-9,15H2. The van der Waals surface area contributed by atoms with Crippen LogP contribution < -0.4 is 11.1 Å². The fraction of sp³-hybridized carbons (Fsp3) is 0.385. The maximum Gasteiger partial charge on any atom is 0.119 e. The van der Waals surface area contributed by atoms with Gasteiger partial charge in [0.05, 0.1) is 17.9 Å². The van der Waals surface area contributed by atoms with Gasteiger partial charge in [-0.25, -0.2) is 4.39 Å². The number of benzene rings is 1. The largest absolute Gasteiger partial charge is 0.397 e. The molecule has 1 unspecified atom stereocenters. The van der Waals surface area contributed by atoms with E-state index >= 15 is 0 Å². The number of nitrogens with two attached hydrogens (primary N) is 1. The van der Waals surface area contributed by atoms with Crippen molar-refractivity contribution < 1.29 is 4.39 Å². The fourth-order valence-electron chi connectivity index (χ4n) is 1.97. The molecule has 1 aliphatic heterocycles. The van der Waals surface area contributed by atoms with E-state index in [-0.39, 0.29) is 0 Å². The first kappa shape index (κ1) is 11.8. The minimum Gasteiger partial charge on any atom is -0.397 e. The predicted molar refractivity (Wildman–Crippen MR) is 69.6 cm³/mol. The number of nitrogen functional groups attached to an aromatic ring is 1. The molecule has 0 spiro atoms. The molecule has 3 N–H and O–H groups in total. The highest BCUT2D eigenvalue weighted by Gasteiger charge is 2.22. The van der Waals surface area contributed by atoms with Crippen LogP contribution in [0.1, 0.15) is 6.42 Å². The maximum absolute atomic E-state index is 13.0. The van der Waals surface area contributed by atoms with Gasteiger partial charge in [-0.3, -0.25) is 0 Å². The lowest BCUT2D eigenvalue weighted by atomic mass is 10.2. The van der Waals surface area contributed by atoms with E-state index in [0.29, 0.717) is 25.2 Å². The molecule has 0 radical (unpaired) electrons. The highest BCUT2D eigenvalue weighted by atomic mass is 19.1. The number of nitrogens with zero attached hydrogens (tertiary/aromatic N) is 1. The molecular formula is C13H18FN3. The Hall–Kier alpha value is -1.71. The molecule has 3 nitrogen and oxygen atoms in total. The Morgan fingerprint density at radius 3 is 2.94 bits per heavy atom. The van der Waals surface area contributed by atoms with Crippen LogP contribution in [0.25, 0.3) is 0 Å². The lowest BCUT2D eigenvalue weighted by molar-refractivity contribution is 0.324. The number of alkyl halides is 1. The van der Waals surface area contributed by atoms with Gasteiger partial charge in [-0.15, -0.1) is 0 Å². The Labute approximate surface area is 101 Å². The van der Waals surface area contributed by atoms with Gasteiger partial charge in [0, 0.05) is 18.8 Å². The number of halogens is 1. The Morgan fingerprint density at radius 2 is 2.29 bits per heavy atom. The van der Waals surface area contributed by atoms with E-state index in [2.05, 4.69) is 11.9 Å². The summed E-state index contributed by atoms with van der Waals surface area (Å²) >= 11 is 0. The zero-order valence-corrected chi connectivity index (χ0v) is 9.82. The molecule has 0 saturated carbocycles. The van der Waals surface area contributed by atoms with Crippen molar-refractivity contribution in [2.24, 2.45) is 0 Å². The molecule has 1 aromatic carbocycles. The van der Waals surface area contributed by atoms with Crippen LogP contribution in [0.2, 0.25) is 0 Å². The van der Waals surface area contributed by atoms with Crippen molar-refractivity contribution in [3.8, 4) is 0 Å². The van der Waals surface area contributed by atoms with Crippen LogP contribution in [0.4, 0.5) is 15.8 Å². The molecule has 0 bridgehead atoms. The van der Waals surface area contributed by atoms with E-state index in [1.165, 1.54) is 0 Å². The summed E-state index contributed by atoms with van der Waals surface area (Å²) in [5.41, 5.74) is 8.33. The minimum atomic E-state index is -0.714. The summed E-state index contributed by atoms with van der Waals surface area (Å²) in [4.78, 5) is 1.98. The molecule has 1 saturated heterocycles. The van der Waals surface area contributed by atoms with Gasteiger partial charge in [0.25, 0.3) is 0 Å². The van der Waals surface area contributed by atoms with Crippen LogP contribution >= 0.6 is 0 Å². The van der Waals surface area contributed by atoms with E-state index < -0.39 is 6.17 Å². The average Bonchev–Trinajstić information content (AvgIpc) is 2.74. The van der Waals surface area contributed by atoms with Crippen molar-refractivity contribution >= 4 is 11.4 Å². The monoisotopic (exact) mass is 235 g/mol. The van der Waals surface area contributed by atoms with E-state index in [0.717, 1.165) is 17.9 Å². The SMILES string of the molecule is C=C(CNc1ccccc1N)N1CCC(F)C1. The number of hydrogen-bond acceptors (Lipinski definition) is 3. The number of para-hydroxylation sites is 2. The Morgan fingerprint density at radius 1 is 1.53 bits per heavy atom. The molecule has 1 fully saturated rings. The van der Waals surface area contributed by atoms with E-state index in [1.54, 1.807) is 0 Å².